The van der Waals surface area contributed by atoms with Crippen molar-refractivity contribution in [2.45, 2.75) is 23.7 Å². The van der Waals surface area contributed by atoms with E-state index in [2.05, 4.69) is 10.1 Å². The van der Waals surface area contributed by atoms with Gasteiger partial charge in [-0.25, -0.2) is 13.4 Å². The van der Waals surface area contributed by atoms with E-state index in [4.69, 9.17) is 4.42 Å². The van der Waals surface area contributed by atoms with Gasteiger partial charge in [0.05, 0.1) is 6.20 Å². The van der Waals surface area contributed by atoms with Crippen molar-refractivity contribution in [1.82, 2.24) is 19.1 Å². The summed E-state index contributed by atoms with van der Waals surface area (Å²) in [6.45, 7) is 0.887. The monoisotopic (exact) mass is 346 g/mol. The fraction of sp³-hybridized carbons (Fsp3) is 0.375. The number of sulfonamides is 1. The SMILES string of the molecule is Cn1cc(S(=O)(=O)N2CCC[C@@H](c3nc4ccccc4o3)C2)cn1. The summed E-state index contributed by atoms with van der Waals surface area (Å²) in [6.07, 6.45) is 4.56. The van der Waals surface area contributed by atoms with Crippen LogP contribution in [0.4, 0.5) is 0 Å². The van der Waals surface area contributed by atoms with Gasteiger partial charge in [0.1, 0.15) is 10.4 Å². The Morgan fingerprint density at radius 1 is 1.29 bits per heavy atom. The summed E-state index contributed by atoms with van der Waals surface area (Å²) in [4.78, 5) is 4.75. The maximum absolute atomic E-state index is 12.8. The summed E-state index contributed by atoms with van der Waals surface area (Å²) in [7, 11) is -1.83. The zero-order chi connectivity index (χ0) is 16.7. The van der Waals surface area contributed by atoms with Gasteiger partial charge in [-0.1, -0.05) is 12.1 Å². The average Bonchev–Trinajstić information content (AvgIpc) is 3.21. The highest BCUT2D eigenvalue weighted by molar-refractivity contribution is 7.89. The van der Waals surface area contributed by atoms with Crippen LogP contribution in [0.15, 0.2) is 46.0 Å². The molecule has 0 aliphatic carbocycles. The van der Waals surface area contributed by atoms with Crippen molar-refractivity contribution in [3.05, 3.63) is 42.5 Å². The fourth-order valence-electron chi connectivity index (χ4n) is 3.11. The number of aryl methyl sites for hydroxylation is 1. The molecule has 0 spiro atoms. The van der Waals surface area contributed by atoms with E-state index in [-0.39, 0.29) is 10.8 Å². The van der Waals surface area contributed by atoms with Crippen LogP contribution in [0.5, 0.6) is 0 Å². The highest BCUT2D eigenvalue weighted by Gasteiger charge is 2.33. The molecule has 4 rings (SSSR count). The third kappa shape index (κ3) is 2.61. The largest absolute Gasteiger partial charge is 0.440 e. The van der Waals surface area contributed by atoms with E-state index in [1.807, 2.05) is 24.3 Å². The molecule has 1 saturated heterocycles. The van der Waals surface area contributed by atoms with E-state index in [0.29, 0.717) is 19.0 Å². The number of para-hydroxylation sites is 2. The van der Waals surface area contributed by atoms with E-state index in [1.54, 1.807) is 7.05 Å². The lowest BCUT2D eigenvalue weighted by Gasteiger charge is -2.29. The van der Waals surface area contributed by atoms with Gasteiger partial charge in [0.25, 0.3) is 0 Å². The van der Waals surface area contributed by atoms with Crippen LogP contribution in [0.3, 0.4) is 0 Å². The molecule has 0 N–H and O–H groups in total. The predicted molar refractivity (Wildman–Crippen MR) is 88.0 cm³/mol. The van der Waals surface area contributed by atoms with Crippen molar-refractivity contribution >= 4 is 21.1 Å². The van der Waals surface area contributed by atoms with Crippen LogP contribution >= 0.6 is 0 Å². The molecule has 2 aromatic heterocycles. The average molecular weight is 346 g/mol. The summed E-state index contributed by atoms with van der Waals surface area (Å²) in [5.74, 6) is 0.583. The lowest BCUT2D eigenvalue weighted by atomic mass is 10.00. The Morgan fingerprint density at radius 2 is 2.12 bits per heavy atom. The first-order valence-corrected chi connectivity index (χ1v) is 9.32. The Balaban J connectivity index is 1.61. The van der Waals surface area contributed by atoms with Crippen molar-refractivity contribution in [3.8, 4) is 0 Å². The number of hydrogen-bond acceptors (Lipinski definition) is 5. The summed E-state index contributed by atoms with van der Waals surface area (Å²) in [6, 6.07) is 7.58. The molecule has 1 aliphatic rings. The summed E-state index contributed by atoms with van der Waals surface area (Å²) in [5, 5.41) is 3.96. The smallest absolute Gasteiger partial charge is 0.246 e. The van der Waals surface area contributed by atoms with Crippen LogP contribution in [0.2, 0.25) is 0 Å². The van der Waals surface area contributed by atoms with Crippen LogP contribution in [0, 0.1) is 0 Å². The van der Waals surface area contributed by atoms with E-state index in [0.717, 1.165) is 23.9 Å². The molecule has 0 bridgehead atoms. The molecule has 24 heavy (non-hydrogen) atoms. The number of hydrogen-bond donors (Lipinski definition) is 0. The number of benzene rings is 1. The molecule has 3 aromatic rings. The van der Waals surface area contributed by atoms with E-state index in [9.17, 15) is 8.42 Å². The molecule has 8 heteroatoms. The molecule has 1 atom stereocenters. The molecule has 0 unspecified atom stereocenters. The van der Waals surface area contributed by atoms with Crippen LogP contribution in [0.25, 0.3) is 11.1 Å². The Kier molecular flexibility index (Phi) is 3.65. The van der Waals surface area contributed by atoms with Gasteiger partial charge in [-0.15, -0.1) is 0 Å². The molecule has 0 radical (unpaired) electrons. The van der Waals surface area contributed by atoms with Crippen molar-refractivity contribution in [2.24, 2.45) is 7.05 Å². The molecular formula is C16H18N4O3S. The second-order valence-electron chi connectivity index (χ2n) is 6.07. The van der Waals surface area contributed by atoms with Gasteiger partial charge >= 0.3 is 0 Å². The third-order valence-electron chi connectivity index (χ3n) is 4.36. The van der Waals surface area contributed by atoms with Crippen molar-refractivity contribution in [3.63, 3.8) is 0 Å². The Labute approximate surface area is 139 Å². The highest BCUT2D eigenvalue weighted by atomic mass is 32.2. The maximum atomic E-state index is 12.8. The first-order valence-electron chi connectivity index (χ1n) is 7.88. The minimum Gasteiger partial charge on any atom is -0.440 e. The number of fused-ring (bicyclic) bond motifs is 1. The molecule has 1 fully saturated rings. The van der Waals surface area contributed by atoms with Crippen LogP contribution in [0.1, 0.15) is 24.7 Å². The quantitative estimate of drug-likeness (QED) is 0.726. The number of nitrogens with zero attached hydrogens (tertiary/aromatic N) is 4. The van der Waals surface area contributed by atoms with E-state index in [1.165, 1.54) is 21.4 Å². The van der Waals surface area contributed by atoms with Gasteiger partial charge in [0, 0.05) is 32.3 Å². The molecule has 0 saturated carbocycles. The fourth-order valence-corrected chi connectivity index (χ4v) is 4.62. The second-order valence-corrected chi connectivity index (χ2v) is 8.01. The summed E-state index contributed by atoms with van der Waals surface area (Å²) >= 11 is 0. The number of piperidine rings is 1. The minimum atomic E-state index is -3.53. The zero-order valence-corrected chi connectivity index (χ0v) is 14.1. The molecule has 1 aromatic carbocycles. The van der Waals surface area contributed by atoms with Crippen molar-refractivity contribution in [1.29, 1.82) is 0 Å². The number of rotatable bonds is 3. The number of aromatic nitrogens is 3. The van der Waals surface area contributed by atoms with Gasteiger partial charge in [0.15, 0.2) is 11.5 Å². The van der Waals surface area contributed by atoms with Gasteiger partial charge in [-0.2, -0.15) is 9.40 Å². The predicted octanol–water partition coefficient (Wildman–Crippen LogP) is 2.13. The lowest BCUT2D eigenvalue weighted by Crippen LogP contribution is -2.39. The first-order chi connectivity index (χ1) is 11.5. The minimum absolute atomic E-state index is 0.0300. The standard InChI is InChI=1S/C16H18N4O3S/c1-19-11-13(9-17-19)24(21,22)20-8-4-5-12(10-20)16-18-14-6-2-3-7-15(14)23-16/h2-3,6-7,9,11-12H,4-5,8,10H2,1H3/t12-/m1/s1. The molecule has 1 aliphatic heterocycles. The van der Waals surface area contributed by atoms with Gasteiger partial charge in [-0.05, 0) is 25.0 Å². The zero-order valence-electron chi connectivity index (χ0n) is 13.3. The van der Waals surface area contributed by atoms with Crippen LogP contribution in [-0.4, -0.2) is 40.6 Å². The van der Waals surface area contributed by atoms with Gasteiger partial charge in [-0.3, -0.25) is 4.68 Å². The molecule has 0 amide bonds. The molecular weight excluding hydrogens is 328 g/mol. The Morgan fingerprint density at radius 3 is 2.88 bits per heavy atom. The molecule has 3 heterocycles. The van der Waals surface area contributed by atoms with Crippen LogP contribution < -0.4 is 0 Å². The highest BCUT2D eigenvalue weighted by Crippen LogP contribution is 2.31. The van der Waals surface area contributed by atoms with Gasteiger partial charge in [0.2, 0.25) is 10.0 Å². The Bertz CT molecular complexity index is 943. The summed E-state index contributed by atoms with van der Waals surface area (Å²) < 4.78 is 34.4. The number of oxazole rings is 1. The maximum Gasteiger partial charge on any atom is 0.246 e. The Hall–Kier alpha value is -2.19. The van der Waals surface area contributed by atoms with Crippen LogP contribution in [-0.2, 0) is 17.1 Å². The third-order valence-corrected chi connectivity index (χ3v) is 6.18. The summed E-state index contributed by atoms with van der Waals surface area (Å²) in [5.41, 5.74) is 1.54. The first kappa shape index (κ1) is 15.3. The van der Waals surface area contributed by atoms with E-state index < -0.39 is 10.0 Å². The van der Waals surface area contributed by atoms with E-state index >= 15 is 0 Å². The van der Waals surface area contributed by atoms with Crippen molar-refractivity contribution < 1.29 is 12.8 Å². The second kappa shape index (κ2) is 5.71. The topological polar surface area (TPSA) is 81.2 Å². The van der Waals surface area contributed by atoms with Gasteiger partial charge < -0.3 is 4.42 Å². The lowest BCUT2D eigenvalue weighted by molar-refractivity contribution is 0.288. The molecule has 7 nitrogen and oxygen atoms in total. The molecule has 126 valence electrons. The normalized spacial score (nSPS) is 19.8. The van der Waals surface area contributed by atoms with Crippen molar-refractivity contribution in [2.75, 3.05) is 13.1 Å².